The topological polar surface area (TPSA) is 47.6 Å². The molecule has 5 heteroatoms. The zero-order valence-electron chi connectivity index (χ0n) is 13.6. The molecule has 0 aromatic rings. The molecule has 20 heavy (non-hydrogen) atoms. The fraction of sp³-hybridized carbons (Fsp3) is 0.933. The highest BCUT2D eigenvalue weighted by Crippen LogP contribution is 2.00. The third-order valence-corrected chi connectivity index (χ3v) is 4.04. The van der Waals surface area contributed by atoms with Gasteiger partial charge >= 0.3 is 0 Å². The summed E-state index contributed by atoms with van der Waals surface area (Å²) in [5.74, 6) is 0.782. The third-order valence-electron chi connectivity index (χ3n) is 4.04. The Kier molecular flexibility index (Phi) is 8.11. The summed E-state index contributed by atoms with van der Waals surface area (Å²) in [6.45, 7) is 13.5. The molecule has 0 bridgehead atoms. The van der Waals surface area contributed by atoms with Crippen LogP contribution in [0.5, 0.6) is 0 Å². The highest BCUT2D eigenvalue weighted by molar-refractivity contribution is 5.81. The van der Waals surface area contributed by atoms with E-state index in [2.05, 4.69) is 34.3 Å². The molecule has 1 unspecified atom stereocenters. The molecule has 0 aromatic carbocycles. The molecule has 1 saturated heterocycles. The fourth-order valence-corrected chi connectivity index (χ4v) is 2.26. The van der Waals surface area contributed by atoms with Gasteiger partial charge in [0.25, 0.3) is 0 Å². The summed E-state index contributed by atoms with van der Waals surface area (Å²) in [6, 6.07) is -0.0509. The van der Waals surface area contributed by atoms with Gasteiger partial charge in [-0.2, -0.15) is 0 Å². The van der Waals surface area contributed by atoms with Crippen molar-refractivity contribution in [3.8, 4) is 0 Å². The third kappa shape index (κ3) is 6.68. The van der Waals surface area contributed by atoms with Gasteiger partial charge in [-0.25, -0.2) is 0 Å². The molecule has 0 radical (unpaired) electrons. The number of hydrogen-bond donors (Lipinski definition) is 2. The SMILES string of the molecule is CC(C)CCNC(=O)C(C)N(C)CCN1CCNCC1. The Morgan fingerprint density at radius 3 is 2.55 bits per heavy atom. The van der Waals surface area contributed by atoms with Crippen molar-refractivity contribution < 1.29 is 4.79 Å². The van der Waals surface area contributed by atoms with E-state index in [1.165, 1.54) is 0 Å². The van der Waals surface area contributed by atoms with Gasteiger partial charge < -0.3 is 10.6 Å². The lowest BCUT2D eigenvalue weighted by atomic mass is 10.1. The van der Waals surface area contributed by atoms with Gasteiger partial charge in [0, 0.05) is 45.8 Å². The summed E-state index contributed by atoms with van der Waals surface area (Å²) in [5.41, 5.74) is 0. The Balaban J connectivity index is 2.19. The number of rotatable bonds is 8. The average molecular weight is 284 g/mol. The van der Waals surface area contributed by atoms with Crippen molar-refractivity contribution in [2.75, 3.05) is 52.9 Å². The van der Waals surface area contributed by atoms with E-state index < -0.39 is 0 Å². The number of piperazine rings is 1. The number of amides is 1. The number of likely N-dealkylation sites (N-methyl/N-ethyl adjacent to an activating group) is 1. The Hall–Kier alpha value is -0.650. The first-order valence-electron chi connectivity index (χ1n) is 7.91. The maximum Gasteiger partial charge on any atom is 0.237 e. The highest BCUT2D eigenvalue weighted by atomic mass is 16.2. The number of hydrogen-bond acceptors (Lipinski definition) is 4. The predicted molar refractivity (Wildman–Crippen MR) is 83.9 cm³/mol. The van der Waals surface area contributed by atoms with Crippen molar-refractivity contribution in [3.63, 3.8) is 0 Å². The van der Waals surface area contributed by atoms with E-state index in [1.807, 2.05) is 14.0 Å². The van der Waals surface area contributed by atoms with Crippen LogP contribution in [0.1, 0.15) is 27.2 Å². The molecule has 1 heterocycles. The standard InChI is InChI=1S/C15H32N4O/c1-13(2)5-6-17-15(20)14(3)18(4)11-12-19-9-7-16-8-10-19/h13-14,16H,5-12H2,1-4H3,(H,17,20). The number of nitrogens with zero attached hydrogens (tertiary/aromatic N) is 2. The van der Waals surface area contributed by atoms with Gasteiger partial charge in [-0.15, -0.1) is 0 Å². The molecule has 1 rings (SSSR count). The van der Waals surface area contributed by atoms with Crippen molar-refractivity contribution in [1.29, 1.82) is 0 Å². The summed E-state index contributed by atoms with van der Waals surface area (Å²) < 4.78 is 0. The van der Waals surface area contributed by atoms with Crippen LogP contribution in [0.15, 0.2) is 0 Å². The van der Waals surface area contributed by atoms with E-state index in [-0.39, 0.29) is 11.9 Å². The summed E-state index contributed by atoms with van der Waals surface area (Å²) in [5, 5.41) is 6.38. The number of carbonyl (C=O) groups excluding carboxylic acids is 1. The van der Waals surface area contributed by atoms with Crippen molar-refractivity contribution in [2.45, 2.75) is 33.2 Å². The Labute approximate surface area is 124 Å². The maximum absolute atomic E-state index is 12.0. The summed E-state index contributed by atoms with van der Waals surface area (Å²) in [7, 11) is 2.04. The zero-order chi connectivity index (χ0) is 15.0. The van der Waals surface area contributed by atoms with Crippen molar-refractivity contribution >= 4 is 5.91 Å². The van der Waals surface area contributed by atoms with Crippen LogP contribution in [0.25, 0.3) is 0 Å². The van der Waals surface area contributed by atoms with Crippen LogP contribution in [0.3, 0.4) is 0 Å². The molecule has 1 amide bonds. The normalized spacial score (nSPS) is 18.5. The average Bonchev–Trinajstić information content (AvgIpc) is 2.44. The minimum Gasteiger partial charge on any atom is -0.355 e. The van der Waals surface area contributed by atoms with Crippen LogP contribution < -0.4 is 10.6 Å². The molecule has 0 aromatic heterocycles. The van der Waals surface area contributed by atoms with Crippen LogP contribution >= 0.6 is 0 Å². The quantitative estimate of drug-likeness (QED) is 0.676. The molecular weight excluding hydrogens is 252 g/mol. The van der Waals surface area contributed by atoms with Crippen LogP contribution in [-0.2, 0) is 4.79 Å². The van der Waals surface area contributed by atoms with E-state index in [4.69, 9.17) is 0 Å². The summed E-state index contributed by atoms with van der Waals surface area (Å²) >= 11 is 0. The largest absolute Gasteiger partial charge is 0.355 e. The van der Waals surface area contributed by atoms with Gasteiger partial charge in [0.05, 0.1) is 6.04 Å². The first-order chi connectivity index (χ1) is 9.50. The summed E-state index contributed by atoms with van der Waals surface area (Å²) in [4.78, 5) is 16.6. The highest BCUT2D eigenvalue weighted by Gasteiger charge is 2.18. The molecule has 0 saturated carbocycles. The lowest BCUT2D eigenvalue weighted by molar-refractivity contribution is -0.125. The monoisotopic (exact) mass is 284 g/mol. The van der Waals surface area contributed by atoms with Crippen molar-refractivity contribution in [3.05, 3.63) is 0 Å². The fourth-order valence-electron chi connectivity index (χ4n) is 2.26. The van der Waals surface area contributed by atoms with E-state index >= 15 is 0 Å². The van der Waals surface area contributed by atoms with Gasteiger partial charge in [0.1, 0.15) is 0 Å². The molecule has 1 atom stereocenters. The van der Waals surface area contributed by atoms with E-state index in [0.717, 1.165) is 52.2 Å². The minimum absolute atomic E-state index is 0.0509. The van der Waals surface area contributed by atoms with E-state index in [1.54, 1.807) is 0 Å². The minimum atomic E-state index is -0.0509. The molecule has 2 N–H and O–H groups in total. The molecule has 0 aliphatic carbocycles. The van der Waals surface area contributed by atoms with Gasteiger partial charge in [0.2, 0.25) is 5.91 Å². The van der Waals surface area contributed by atoms with Gasteiger partial charge in [-0.3, -0.25) is 14.6 Å². The summed E-state index contributed by atoms with van der Waals surface area (Å²) in [6.07, 6.45) is 1.04. The molecule has 0 spiro atoms. The number of carbonyl (C=O) groups is 1. The zero-order valence-corrected chi connectivity index (χ0v) is 13.6. The van der Waals surface area contributed by atoms with Gasteiger partial charge in [-0.05, 0) is 26.3 Å². The Bertz CT molecular complexity index is 277. The smallest absolute Gasteiger partial charge is 0.237 e. The van der Waals surface area contributed by atoms with Crippen LogP contribution in [-0.4, -0.2) is 74.6 Å². The van der Waals surface area contributed by atoms with E-state index in [0.29, 0.717) is 5.92 Å². The first kappa shape index (κ1) is 17.4. The predicted octanol–water partition coefficient (Wildman–Crippen LogP) is 0.374. The van der Waals surface area contributed by atoms with Crippen LogP contribution in [0.2, 0.25) is 0 Å². The molecule has 5 nitrogen and oxygen atoms in total. The van der Waals surface area contributed by atoms with Crippen molar-refractivity contribution in [2.24, 2.45) is 5.92 Å². The molecule has 1 fully saturated rings. The van der Waals surface area contributed by atoms with Crippen LogP contribution in [0.4, 0.5) is 0 Å². The lowest BCUT2D eigenvalue weighted by Gasteiger charge is -2.30. The van der Waals surface area contributed by atoms with Crippen LogP contribution in [0, 0.1) is 5.92 Å². The first-order valence-corrected chi connectivity index (χ1v) is 7.91. The molecule has 118 valence electrons. The second kappa shape index (κ2) is 9.32. The number of nitrogens with one attached hydrogen (secondary N) is 2. The molecular formula is C15H32N4O. The second-order valence-electron chi connectivity index (χ2n) is 6.22. The van der Waals surface area contributed by atoms with E-state index in [9.17, 15) is 4.79 Å². The lowest BCUT2D eigenvalue weighted by Crippen LogP contribution is -2.49. The van der Waals surface area contributed by atoms with Gasteiger partial charge in [-0.1, -0.05) is 13.8 Å². The molecule has 1 aliphatic rings. The van der Waals surface area contributed by atoms with Crippen molar-refractivity contribution in [1.82, 2.24) is 20.4 Å². The Morgan fingerprint density at radius 1 is 1.30 bits per heavy atom. The Morgan fingerprint density at radius 2 is 1.95 bits per heavy atom. The maximum atomic E-state index is 12.0. The second-order valence-corrected chi connectivity index (χ2v) is 6.22. The van der Waals surface area contributed by atoms with Gasteiger partial charge in [0.15, 0.2) is 0 Å². The molecule has 1 aliphatic heterocycles.